The lowest BCUT2D eigenvalue weighted by Crippen LogP contribution is -2.10. The first-order chi connectivity index (χ1) is 14.0. The predicted molar refractivity (Wildman–Crippen MR) is 104 cm³/mol. The van der Waals surface area contributed by atoms with E-state index in [9.17, 15) is 4.39 Å². The van der Waals surface area contributed by atoms with Crippen molar-refractivity contribution in [3.8, 4) is 16.9 Å². The molecule has 0 bridgehead atoms. The van der Waals surface area contributed by atoms with Crippen LogP contribution in [0.15, 0.2) is 36.8 Å². The molecule has 0 unspecified atom stereocenters. The van der Waals surface area contributed by atoms with Crippen LogP contribution in [-0.4, -0.2) is 31.7 Å². The molecule has 0 saturated carbocycles. The Hall–Kier alpha value is -3.62. The molecule has 0 atom stereocenters. The van der Waals surface area contributed by atoms with Crippen LogP contribution in [0.5, 0.6) is 5.75 Å². The number of aryl methyl sites for hydroxylation is 2. The monoisotopic (exact) mass is 396 g/mol. The maximum absolute atomic E-state index is 15.0. The molecule has 9 heteroatoms. The van der Waals surface area contributed by atoms with E-state index >= 15 is 4.39 Å². The van der Waals surface area contributed by atoms with E-state index in [1.807, 2.05) is 6.92 Å². The molecular weight excluding hydrogens is 378 g/mol. The second kappa shape index (κ2) is 7.42. The van der Waals surface area contributed by atoms with E-state index < -0.39 is 11.6 Å². The second-order valence-electron chi connectivity index (χ2n) is 6.47. The fourth-order valence-corrected chi connectivity index (χ4v) is 3.25. The molecule has 29 heavy (non-hydrogen) atoms. The van der Waals surface area contributed by atoms with E-state index in [4.69, 9.17) is 4.74 Å². The van der Waals surface area contributed by atoms with Crippen molar-refractivity contribution >= 4 is 11.5 Å². The quantitative estimate of drug-likeness (QED) is 0.554. The zero-order valence-corrected chi connectivity index (χ0v) is 16.1. The van der Waals surface area contributed by atoms with Gasteiger partial charge in [-0.25, -0.2) is 18.7 Å². The Morgan fingerprint density at radius 2 is 1.97 bits per heavy atom. The molecule has 148 valence electrons. The molecule has 0 saturated heterocycles. The van der Waals surface area contributed by atoms with Gasteiger partial charge in [0.15, 0.2) is 11.5 Å². The van der Waals surface area contributed by atoms with Crippen molar-refractivity contribution in [3.63, 3.8) is 0 Å². The van der Waals surface area contributed by atoms with Crippen LogP contribution in [-0.2, 0) is 6.54 Å². The third kappa shape index (κ3) is 3.35. The van der Waals surface area contributed by atoms with Crippen molar-refractivity contribution in [2.24, 2.45) is 0 Å². The Kier molecular flexibility index (Phi) is 4.79. The number of hydrogen-bond donors (Lipinski definition) is 1. The fourth-order valence-electron chi connectivity index (χ4n) is 3.25. The van der Waals surface area contributed by atoms with E-state index in [1.165, 1.54) is 30.0 Å². The SMILES string of the molecule is COc1cccc(F)c1CNc1c(F)cc(-c2cnc(C)nc2C)c2nncn12. The highest BCUT2D eigenvalue weighted by molar-refractivity contribution is 5.80. The van der Waals surface area contributed by atoms with Gasteiger partial charge in [-0.05, 0) is 32.0 Å². The summed E-state index contributed by atoms with van der Waals surface area (Å²) in [6.07, 6.45) is 3.03. The lowest BCUT2D eigenvalue weighted by Gasteiger charge is -2.15. The van der Waals surface area contributed by atoms with E-state index in [-0.39, 0.29) is 12.4 Å². The first-order valence-corrected chi connectivity index (χ1v) is 8.87. The van der Waals surface area contributed by atoms with Crippen LogP contribution < -0.4 is 10.1 Å². The minimum Gasteiger partial charge on any atom is -0.496 e. The third-order valence-electron chi connectivity index (χ3n) is 4.65. The van der Waals surface area contributed by atoms with Crippen molar-refractivity contribution in [1.29, 1.82) is 0 Å². The molecule has 0 aliphatic carbocycles. The van der Waals surface area contributed by atoms with Gasteiger partial charge in [-0.3, -0.25) is 4.40 Å². The topological polar surface area (TPSA) is 77.2 Å². The van der Waals surface area contributed by atoms with Crippen molar-refractivity contribution in [2.45, 2.75) is 20.4 Å². The van der Waals surface area contributed by atoms with Crippen LogP contribution in [0.4, 0.5) is 14.6 Å². The number of aromatic nitrogens is 5. The Labute approximate surface area is 165 Å². The number of benzene rings is 1. The van der Waals surface area contributed by atoms with E-state index in [1.54, 1.807) is 25.3 Å². The molecule has 0 aliphatic rings. The number of pyridine rings is 1. The van der Waals surface area contributed by atoms with Crippen LogP contribution >= 0.6 is 0 Å². The van der Waals surface area contributed by atoms with E-state index in [0.29, 0.717) is 39.6 Å². The third-order valence-corrected chi connectivity index (χ3v) is 4.65. The maximum atomic E-state index is 15.0. The smallest absolute Gasteiger partial charge is 0.170 e. The highest BCUT2D eigenvalue weighted by atomic mass is 19.1. The maximum Gasteiger partial charge on any atom is 0.170 e. The highest BCUT2D eigenvalue weighted by Crippen LogP contribution is 2.30. The number of anilines is 1. The lowest BCUT2D eigenvalue weighted by atomic mass is 10.1. The number of hydrogen-bond acceptors (Lipinski definition) is 6. The number of halogens is 2. The molecular formula is C20H18F2N6O. The predicted octanol–water partition coefficient (Wildman–Crippen LogP) is 3.70. The van der Waals surface area contributed by atoms with Gasteiger partial charge in [0.25, 0.3) is 0 Å². The van der Waals surface area contributed by atoms with Crippen LogP contribution in [0.2, 0.25) is 0 Å². The average Bonchev–Trinajstić information content (AvgIpc) is 3.17. The fraction of sp³-hybridized carbons (Fsp3) is 0.200. The molecule has 4 aromatic rings. The van der Waals surface area contributed by atoms with Gasteiger partial charge in [0.1, 0.15) is 29.5 Å². The molecule has 4 rings (SSSR count). The molecule has 1 N–H and O–H groups in total. The van der Waals surface area contributed by atoms with Crippen molar-refractivity contribution in [1.82, 2.24) is 24.6 Å². The lowest BCUT2D eigenvalue weighted by molar-refractivity contribution is 0.405. The van der Waals surface area contributed by atoms with Crippen molar-refractivity contribution in [2.75, 3.05) is 12.4 Å². The summed E-state index contributed by atoms with van der Waals surface area (Å²) >= 11 is 0. The summed E-state index contributed by atoms with van der Waals surface area (Å²) in [7, 11) is 1.46. The molecule has 0 radical (unpaired) electrons. The molecule has 3 aromatic heterocycles. The number of nitrogens with one attached hydrogen (secondary N) is 1. The molecule has 0 aliphatic heterocycles. The Morgan fingerprint density at radius 3 is 2.72 bits per heavy atom. The molecule has 0 fully saturated rings. The zero-order chi connectivity index (χ0) is 20.5. The Balaban J connectivity index is 1.76. The summed E-state index contributed by atoms with van der Waals surface area (Å²) in [6, 6.07) is 5.88. The van der Waals surface area contributed by atoms with Crippen LogP contribution in [0.25, 0.3) is 16.8 Å². The number of nitrogens with zero attached hydrogens (tertiary/aromatic N) is 5. The van der Waals surface area contributed by atoms with Crippen LogP contribution in [0.3, 0.4) is 0 Å². The van der Waals surface area contributed by atoms with Gasteiger partial charge in [0, 0.05) is 35.1 Å². The molecule has 3 heterocycles. The molecule has 7 nitrogen and oxygen atoms in total. The van der Waals surface area contributed by atoms with Crippen LogP contribution in [0, 0.1) is 25.5 Å². The summed E-state index contributed by atoms with van der Waals surface area (Å²) in [5.41, 5.74) is 2.62. The molecule has 1 aromatic carbocycles. The second-order valence-corrected chi connectivity index (χ2v) is 6.47. The van der Waals surface area contributed by atoms with Crippen LogP contribution in [0.1, 0.15) is 17.1 Å². The zero-order valence-electron chi connectivity index (χ0n) is 16.1. The first-order valence-electron chi connectivity index (χ1n) is 8.87. The minimum absolute atomic E-state index is 0.0199. The minimum atomic E-state index is -0.539. The van der Waals surface area contributed by atoms with Gasteiger partial charge < -0.3 is 10.1 Å². The summed E-state index contributed by atoms with van der Waals surface area (Å²) in [5.74, 6) is 0.136. The van der Waals surface area contributed by atoms with E-state index in [2.05, 4.69) is 25.5 Å². The highest BCUT2D eigenvalue weighted by Gasteiger charge is 2.18. The standard InChI is InChI=1S/C20H18F2N6O/c1-11-14(8-23-12(2)26-11)13-7-17(22)20(28-10-25-27-19(13)28)24-9-15-16(21)5-4-6-18(15)29-3/h4-8,10,24H,9H2,1-3H3. The number of ether oxygens (including phenoxy) is 1. The van der Waals surface area contributed by atoms with Gasteiger partial charge >= 0.3 is 0 Å². The van der Waals surface area contributed by atoms with Gasteiger partial charge in [-0.2, -0.15) is 0 Å². The molecule has 0 spiro atoms. The van der Waals surface area contributed by atoms with Gasteiger partial charge in [0.2, 0.25) is 0 Å². The molecule has 0 amide bonds. The average molecular weight is 396 g/mol. The number of rotatable bonds is 5. The summed E-state index contributed by atoms with van der Waals surface area (Å²) in [5, 5.41) is 11.0. The number of methoxy groups -OCH3 is 1. The first kappa shape index (κ1) is 18.7. The van der Waals surface area contributed by atoms with Gasteiger partial charge in [0.05, 0.1) is 7.11 Å². The Bertz CT molecular complexity index is 1210. The largest absolute Gasteiger partial charge is 0.496 e. The van der Waals surface area contributed by atoms with Gasteiger partial charge in [-0.1, -0.05) is 6.07 Å². The van der Waals surface area contributed by atoms with E-state index in [0.717, 1.165) is 0 Å². The number of fused-ring (bicyclic) bond motifs is 1. The summed E-state index contributed by atoms with van der Waals surface area (Å²) in [6.45, 7) is 3.63. The van der Waals surface area contributed by atoms with Gasteiger partial charge in [-0.15, -0.1) is 10.2 Å². The van der Waals surface area contributed by atoms with Crippen molar-refractivity contribution in [3.05, 3.63) is 65.5 Å². The van der Waals surface area contributed by atoms with Crippen molar-refractivity contribution < 1.29 is 13.5 Å². The normalized spacial score (nSPS) is 11.1. The Morgan fingerprint density at radius 1 is 1.14 bits per heavy atom. The summed E-state index contributed by atoms with van der Waals surface area (Å²) < 4.78 is 35.9. The summed E-state index contributed by atoms with van der Waals surface area (Å²) in [4.78, 5) is 8.54.